The highest BCUT2D eigenvalue weighted by atomic mass is 16.5. The van der Waals surface area contributed by atoms with Crippen molar-refractivity contribution in [2.24, 2.45) is 0 Å². The molecule has 0 aliphatic rings. The summed E-state index contributed by atoms with van der Waals surface area (Å²) in [7, 11) is 3.21. The van der Waals surface area contributed by atoms with Crippen LogP contribution >= 0.6 is 0 Å². The first-order valence-electron chi connectivity index (χ1n) is 6.96. The van der Waals surface area contributed by atoms with Crippen molar-refractivity contribution >= 4 is 16.9 Å². The van der Waals surface area contributed by atoms with Gasteiger partial charge in [-0.15, -0.1) is 0 Å². The summed E-state index contributed by atoms with van der Waals surface area (Å²) in [6, 6.07) is 13.8. The Kier molecular flexibility index (Phi) is 4.05. The van der Waals surface area contributed by atoms with Crippen LogP contribution in [0.25, 0.3) is 11.0 Å². The molecule has 0 atom stereocenters. The van der Waals surface area contributed by atoms with E-state index in [2.05, 4.69) is 27.4 Å². The average molecular weight is 295 g/mol. The number of anilines is 1. The van der Waals surface area contributed by atoms with Crippen LogP contribution in [0.2, 0.25) is 0 Å². The van der Waals surface area contributed by atoms with E-state index in [1.807, 2.05) is 30.3 Å². The molecule has 0 radical (unpaired) electrons. The first-order chi connectivity index (χ1) is 10.8. The van der Waals surface area contributed by atoms with Crippen LogP contribution in [0.3, 0.4) is 0 Å². The maximum Gasteiger partial charge on any atom is 0.163 e. The molecule has 0 saturated carbocycles. The summed E-state index contributed by atoms with van der Waals surface area (Å²) < 4.78 is 10.6. The Hall–Kier alpha value is -2.82. The van der Waals surface area contributed by atoms with Gasteiger partial charge in [0.2, 0.25) is 0 Å². The molecule has 2 aromatic carbocycles. The van der Waals surface area contributed by atoms with E-state index in [4.69, 9.17) is 9.47 Å². The molecule has 22 heavy (non-hydrogen) atoms. The minimum atomic E-state index is 0.643. The lowest BCUT2D eigenvalue weighted by molar-refractivity contribution is 0.355. The van der Waals surface area contributed by atoms with Gasteiger partial charge in [0.15, 0.2) is 11.5 Å². The van der Waals surface area contributed by atoms with Gasteiger partial charge in [0, 0.05) is 18.7 Å². The van der Waals surface area contributed by atoms with Crippen LogP contribution in [0, 0.1) is 0 Å². The Bertz CT molecular complexity index is 775. The van der Waals surface area contributed by atoms with Gasteiger partial charge in [-0.05, 0) is 5.56 Å². The van der Waals surface area contributed by atoms with Crippen molar-refractivity contribution in [2.75, 3.05) is 19.5 Å². The first kappa shape index (κ1) is 14.1. The molecule has 3 aromatic rings. The van der Waals surface area contributed by atoms with Gasteiger partial charge in [-0.3, -0.25) is 4.98 Å². The lowest BCUT2D eigenvalue weighted by Crippen LogP contribution is -2.02. The zero-order valence-corrected chi connectivity index (χ0v) is 12.5. The van der Waals surface area contributed by atoms with Crippen LogP contribution in [0.1, 0.15) is 5.56 Å². The molecule has 0 spiro atoms. The number of methoxy groups -OCH3 is 2. The van der Waals surface area contributed by atoms with Crippen LogP contribution < -0.4 is 14.8 Å². The van der Waals surface area contributed by atoms with Gasteiger partial charge in [0.1, 0.15) is 5.82 Å². The topological polar surface area (TPSA) is 56.3 Å². The second kappa shape index (κ2) is 6.30. The molecule has 0 unspecified atom stereocenters. The summed E-state index contributed by atoms with van der Waals surface area (Å²) in [5.74, 6) is 2.02. The van der Waals surface area contributed by atoms with E-state index < -0.39 is 0 Å². The fraction of sp³-hybridized carbons (Fsp3) is 0.176. The third-order valence-corrected chi connectivity index (χ3v) is 3.36. The van der Waals surface area contributed by atoms with E-state index in [9.17, 15) is 0 Å². The summed E-state index contributed by atoms with van der Waals surface area (Å²) in [5, 5.41) is 3.27. The molecule has 1 aromatic heterocycles. The molecule has 1 N–H and O–H groups in total. The van der Waals surface area contributed by atoms with Crippen molar-refractivity contribution in [3.05, 3.63) is 54.2 Å². The number of rotatable bonds is 5. The molecular formula is C17H17N3O2. The molecule has 0 aliphatic carbocycles. The van der Waals surface area contributed by atoms with Crippen molar-refractivity contribution in [3.63, 3.8) is 0 Å². The number of hydrogen-bond acceptors (Lipinski definition) is 5. The number of nitrogens with zero attached hydrogens (tertiary/aromatic N) is 2. The zero-order valence-electron chi connectivity index (χ0n) is 12.5. The molecule has 0 aliphatic heterocycles. The Labute approximate surface area is 128 Å². The van der Waals surface area contributed by atoms with E-state index in [1.165, 1.54) is 5.56 Å². The fourth-order valence-electron chi connectivity index (χ4n) is 2.21. The van der Waals surface area contributed by atoms with Crippen molar-refractivity contribution < 1.29 is 9.47 Å². The Morgan fingerprint density at radius 1 is 0.955 bits per heavy atom. The highest BCUT2D eigenvalue weighted by Crippen LogP contribution is 2.30. The van der Waals surface area contributed by atoms with E-state index in [0.29, 0.717) is 18.0 Å². The van der Waals surface area contributed by atoms with Crippen molar-refractivity contribution in [1.82, 2.24) is 9.97 Å². The molecule has 1 heterocycles. The molecule has 5 nitrogen and oxygen atoms in total. The summed E-state index contributed by atoms with van der Waals surface area (Å²) in [5.41, 5.74) is 2.72. The fourth-order valence-corrected chi connectivity index (χ4v) is 2.21. The summed E-state index contributed by atoms with van der Waals surface area (Å²) in [4.78, 5) is 8.98. The van der Waals surface area contributed by atoms with Crippen molar-refractivity contribution in [3.8, 4) is 11.5 Å². The standard InChI is InChI=1S/C17H17N3O2/c1-21-15-8-13-14(9-16(15)22-2)20-17(11-18-13)19-10-12-6-4-3-5-7-12/h3-9,11H,10H2,1-2H3,(H,19,20). The SMILES string of the molecule is COc1cc2ncc(NCc3ccccc3)nc2cc1OC. The average Bonchev–Trinajstić information content (AvgIpc) is 2.59. The Balaban J connectivity index is 1.86. The number of ether oxygens (including phenoxy) is 2. The highest BCUT2D eigenvalue weighted by Gasteiger charge is 2.08. The predicted molar refractivity (Wildman–Crippen MR) is 86.4 cm³/mol. The van der Waals surface area contributed by atoms with Crippen molar-refractivity contribution in [1.29, 1.82) is 0 Å². The maximum atomic E-state index is 5.30. The van der Waals surface area contributed by atoms with Crippen LogP contribution in [0.15, 0.2) is 48.7 Å². The minimum Gasteiger partial charge on any atom is -0.493 e. The summed E-state index contributed by atoms with van der Waals surface area (Å²) in [6.45, 7) is 0.703. The molecule has 112 valence electrons. The Morgan fingerprint density at radius 2 is 1.64 bits per heavy atom. The van der Waals surface area contributed by atoms with Crippen molar-refractivity contribution in [2.45, 2.75) is 6.54 Å². The first-order valence-corrected chi connectivity index (χ1v) is 6.96. The maximum absolute atomic E-state index is 5.30. The molecule has 0 amide bonds. The monoisotopic (exact) mass is 295 g/mol. The lowest BCUT2D eigenvalue weighted by Gasteiger charge is -2.10. The van der Waals surface area contributed by atoms with Gasteiger partial charge < -0.3 is 14.8 Å². The molecule has 5 heteroatoms. The number of fused-ring (bicyclic) bond motifs is 1. The van der Waals surface area contributed by atoms with Gasteiger partial charge in [-0.2, -0.15) is 0 Å². The number of aromatic nitrogens is 2. The zero-order chi connectivity index (χ0) is 15.4. The molecule has 0 saturated heterocycles. The normalized spacial score (nSPS) is 10.5. The molecule has 3 rings (SSSR count). The second-order valence-corrected chi connectivity index (χ2v) is 4.79. The van der Waals surface area contributed by atoms with Crippen LogP contribution in [-0.2, 0) is 6.54 Å². The van der Waals surface area contributed by atoms with E-state index in [0.717, 1.165) is 16.9 Å². The second-order valence-electron chi connectivity index (χ2n) is 4.79. The summed E-state index contributed by atoms with van der Waals surface area (Å²) in [6.07, 6.45) is 1.72. The van der Waals surface area contributed by atoms with Gasteiger partial charge in [-0.25, -0.2) is 4.98 Å². The smallest absolute Gasteiger partial charge is 0.163 e. The summed E-state index contributed by atoms with van der Waals surface area (Å²) >= 11 is 0. The van der Waals surface area contributed by atoms with Gasteiger partial charge in [-0.1, -0.05) is 30.3 Å². The highest BCUT2D eigenvalue weighted by molar-refractivity contribution is 5.80. The lowest BCUT2D eigenvalue weighted by atomic mass is 10.2. The van der Waals surface area contributed by atoms with Gasteiger partial charge >= 0.3 is 0 Å². The Morgan fingerprint density at radius 3 is 2.32 bits per heavy atom. The van der Waals surface area contributed by atoms with Crippen LogP contribution in [0.4, 0.5) is 5.82 Å². The largest absolute Gasteiger partial charge is 0.493 e. The van der Waals surface area contributed by atoms with E-state index in [-0.39, 0.29) is 0 Å². The van der Waals surface area contributed by atoms with Crippen LogP contribution in [0.5, 0.6) is 11.5 Å². The van der Waals surface area contributed by atoms with Crippen LogP contribution in [-0.4, -0.2) is 24.2 Å². The number of benzene rings is 2. The third kappa shape index (κ3) is 2.93. The van der Waals surface area contributed by atoms with E-state index in [1.54, 1.807) is 20.4 Å². The minimum absolute atomic E-state index is 0.643. The van der Waals surface area contributed by atoms with Gasteiger partial charge in [0.05, 0.1) is 31.4 Å². The number of hydrogen-bond donors (Lipinski definition) is 1. The molecule has 0 fully saturated rings. The third-order valence-electron chi connectivity index (χ3n) is 3.36. The van der Waals surface area contributed by atoms with E-state index >= 15 is 0 Å². The number of nitrogens with one attached hydrogen (secondary N) is 1. The quantitative estimate of drug-likeness (QED) is 0.783. The molecular weight excluding hydrogens is 278 g/mol. The van der Waals surface area contributed by atoms with Gasteiger partial charge in [0.25, 0.3) is 0 Å². The predicted octanol–water partition coefficient (Wildman–Crippen LogP) is 3.26. The molecule has 0 bridgehead atoms.